The van der Waals surface area contributed by atoms with E-state index >= 15 is 0 Å². The minimum Gasteiger partial charge on any atom is -0.326 e. The molecule has 0 radical (unpaired) electrons. The number of thiophene rings is 2. The van der Waals surface area contributed by atoms with Crippen molar-refractivity contribution in [2.45, 2.75) is 38.8 Å². The lowest BCUT2D eigenvalue weighted by atomic mass is 9.97. The van der Waals surface area contributed by atoms with E-state index in [0.29, 0.717) is 23.0 Å². The molecule has 1 N–H and O–H groups in total. The van der Waals surface area contributed by atoms with Crippen LogP contribution in [0.4, 0.5) is 0 Å². The van der Waals surface area contributed by atoms with E-state index < -0.39 is 0 Å². The summed E-state index contributed by atoms with van der Waals surface area (Å²) in [6, 6.07) is 11.0. The minimum atomic E-state index is -0.188. The molecule has 1 aliphatic carbocycles. The molecule has 0 saturated carbocycles. The number of carbonyl (C=O) groups excluding carboxylic acids is 1. The number of H-pyrrole nitrogens is 1. The van der Waals surface area contributed by atoms with Gasteiger partial charge in [0.1, 0.15) is 10.7 Å². The lowest BCUT2D eigenvalue weighted by molar-refractivity contribution is 0.0727. The summed E-state index contributed by atoms with van der Waals surface area (Å²) in [7, 11) is 0. The summed E-state index contributed by atoms with van der Waals surface area (Å²) in [4.78, 5) is 38.7. The van der Waals surface area contributed by atoms with Gasteiger partial charge in [-0.05, 0) is 54.8 Å². The molecule has 3 aromatic heterocycles. The molecule has 0 atom stereocenters. The third-order valence-electron chi connectivity index (χ3n) is 5.53. The fourth-order valence-electron chi connectivity index (χ4n) is 4.06. The molecule has 1 aliphatic rings. The van der Waals surface area contributed by atoms with Gasteiger partial charge in [-0.15, -0.1) is 22.7 Å². The number of fused-ring (bicyclic) bond motifs is 3. The Labute approximate surface area is 192 Å². The molecule has 1 aromatic carbocycles. The van der Waals surface area contributed by atoms with Gasteiger partial charge in [0.15, 0.2) is 0 Å². The van der Waals surface area contributed by atoms with Crippen LogP contribution in [-0.4, -0.2) is 20.8 Å². The van der Waals surface area contributed by atoms with Crippen LogP contribution in [0, 0.1) is 0 Å². The number of rotatable bonds is 5. The average molecular weight is 470 g/mol. The number of halogens is 1. The van der Waals surface area contributed by atoms with E-state index in [1.165, 1.54) is 4.88 Å². The predicted molar refractivity (Wildman–Crippen MR) is 126 cm³/mol. The second-order valence-corrected chi connectivity index (χ2v) is 10.1. The number of hydrogen-bond donors (Lipinski definition) is 1. The number of benzene rings is 1. The number of nitrogens with one attached hydrogen (secondary N) is 1. The maximum absolute atomic E-state index is 13.3. The van der Waals surface area contributed by atoms with Crippen LogP contribution in [0.1, 0.15) is 44.3 Å². The van der Waals surface area contributed by atoms with Crippen LogP contribution >= 0.6 is 34.3 Å². The number of nitrogens with zero attached hydrogens (tertiary/aromatic N) is 2. The Morgan fingerprint density at radius 2 is 1.97 bits per heavy atom. The predicted octanol–water partition coefficient (Wildman–Crippen LogP) is 5.42. The van der Waals surface area contributed by atoms with Crippen molar-refractivity contribution in [1.82, 2.24) is 14.9 Å². The summed E-state index contributed by atoms with van der Waals surface area (Å²) in [5, 5.41) is 3.12. The monoisotopic (exact) mass is 469 g/mol. The van der Waals surface area contributed by atoms with E-state index in [9.17, 15) is 9.59 Å². The molecule has 31 heavy (non-hydrogen) atoms. The van der Waals surface area contributed by atoms with E-state index in [0.717, 1.165) is 46.3 Å². The van der Waals surface area contributed by atoms with Gasteiger partial charge in [0.05, 0.1) is 29.1 Å². The number of hydrogen-bond acceptors (Lipinski definition) is 5. The molecule has 5 rings (SSSR count). The van der Waals surface area contributed by atoms with Gasteiger partial charge in [-0.3, -0.25) is 9.59 Å². The van der Waals surface area contributed by atoms with Gasteiger partial charge in [-0.2, -0.15) is 0 Å². The number of aromatic amines is 1. The summed E-state index contributed by atoms with van der Waals surface area (Å²) in [6.45, 7) is 0.625. The second-order valence-electron chi connectivity index (χ2n) is 7.62. The Hall–Kier alpha value is -2.48. The largest absolute Gasteiger partial charge is 0.326 e. The molecule has 5 nitrogen and oxygen atoms in total. The summed E-state index contributed by atoms with van der Waals surface area (Å²) in [5.41, 5.74) is 1.49. The summed E-state index contributed by atoms with van der Waals surface area (Å²) in [5.74, 6) is 0.306. The topological polar surface area (TPSA) is 66.1 Å². The van der Waals surface area contributed by atoms with Crippen molar-refractivity contribution < 1.29 is 4.79 Å². The SMILES string of the molecule is O=C(c1ccccc1Cl)N(Cc1nc2sc3c(c2c(=O)[nH]1)CCCC3)Cc1cccs1. The first-order valence-corrected chi connectivity index (χ1v) is 12.3. The van der Waals surface area contributed by atoms with Gasteiger partial charge in [0, 0.05) is 9.75 Å². The maximum atomic E-state index is 13.3. The van der Waals surface area contributed by atoms with Gasteiger partial charge in [-0.1, -0.05) is 29.8 Å². The Kier molecular flexibility index (Phi) is 5.65. The van der Waals surface area contributed by atoms with Crippen LogP contribution < -0.4 is 5.56 Å². The molecule has 0 bridgehead atoms. The molecular formula is C23H20ClN3O2S2. The molecule has 0 spiro atoms. The first-order chi connectivity index (χ1) is 15.1. The Morgan fingerprint density at radius 1 is 1.13 bits per heavy atom. The number of amides is 1. The Bertz CT molecular complexity index is 1310. The van der Waals surface area contributed by atoms with Crippen LogP contribution in [0.5, 0.6) is 0 Å². The molecule has 0 unspecified atom stereocenters. The first kappa shape index (κ1) is 20.4. The number of aryl methyl sites for hydroxylation is 2. The van der Waals surface area contributed by atoms with Crippen LogP contribution in [0.3, 0.4) is 0 Å². The highest BCUT2D eigenvalue weighted by Gasteiger charge is 2.23. The lowest BCUT2D eigenvalue weighted by Crippen LogP contribution is -2.31. The third-order valence-corrected chi connectivity index (χ3v) is 7.91. The Balaban J connectivity index is 1.51. The highest BCUT2D eigenvalue weighted by molar-refractivity contribution is 7.18. The van der Waals surface area contributed by atoms with Crippen molar-refractivity contribution >= 4 is 50.4 Å². The number of carbonyl (C=O) groups is 1. The lowest BCUT2D eigenvalue weighted by Gasteiger charge is -2.22. The van der Waals surface area contributed by atoms with E-state index in [4.69, 9.17) is 16.6 Å². The highest BCUT2D eigenvalue weighted by atomic mass is 35.5. The van der Waals surface area contributed by atoms with Crippen LogP contribution in [0.2, 0.25) is 5.02 Å². The van der Waals surface area contributed by atoms with E-state index in [2.05, 4.69) is 4.98 Å². The molecular weight excluding hydrogens is 450 g/mol. The van der Waals surface area contributed by atoms with Crippen LogP contribution in [-0.2, 0) is 25.9 Å². The molecule has 3 heterocycles. The number of aromatic nitrogens is 2. The molecule has 0 aliphatic heterocycles. The zero-order chi connectivity index (χ0) is 21.4. The average Bonchev–Trinajstić information content (AvgIpc) is 3.40. The van der Waals surface area contributed by atoms with Crippen LogP contribution in [0.15, 0.2) is 46.6 Å². The third kappa shape index (κ3) is 4.05. The second kappa shape index (κ2) is 8.57. The van der Waals surface area contributed by atoms with E-state index in [1.54, 1.807) is 51.8 Å². The van der Waals surface area contributed by atoms with Crippen molar-refractivity contribution in [3.8, 4) is 0 Å². The minimum absolute atomic E-state index is 0.110. The fraction of sp³-hybridized carbons (Fsp3) is 0.261. The molecule has 1 amide bonds. The standard InChI is InChI=1S/C23H20ClN3O2S2/c24-17-9-3-1-7-15(17)23(29)27(12-14-6-5-11-30-14)13-19-25-21(28)20-16-8-2-4-10-18(16)31-22(20)26-19/h1,3,5-7,9,11H,2,4,8,10,12-13H2,(H,25,26,28). The molecule has 0 fully saturated rings. The smallest absolute Gasteiger partial charge is 0.259 e. The van der Waals surface area contributed by atoms with Gasteiger partial charge in [0.2, 0.25) is 0 Å². The summed E-state index contributed by atoms with van der Waals surface area (Å²) >= 11 is 9.49. The normalized spacial score (nSPS) is 13.3. The first-order valence-electron chi connectivity index (χ1n) is 10.2. The zero-order valence-electron chi connectivity index (χ0n) is 16.7. The van der Waals surface area contributed by atoms with E-state index in [-0.39, 0.29) is 18.0 Å². The molecule has 158 valence electrons. The quantitative estimate of drug-likeness (QED) is 0.424. The molecule has 0 saturated heterocycles. The van der Waals surface area contributed by atoms with E-state index in [1.807, 2.05) is 17.5 Å². The summed E-state index contributed by atoms with van der Waals surface area (Å²) < 4.78 is 0. The fourth-order valence-corrected chi connectivity index (χ4v) is 6.28. The van der Waals surface area contributed by atoms with Gasteiger partial charge >= 0.3 is 0 Å². The highest BCUT2D eigenvalue weighted by Crippen LogP contribution is 2.33. The van der Waals surface area contributed by atoms with Gasteiger partial charge in [-0.25, -0.2) is 4.98 Å². The van der Waals surface area contributed by atoms with Crippen molar-refractivity contribution in [3.05, 3.63) is 83.9 Å². The van der Waals surface area contributed by atoms with Crippen LogP contribution in [0.25, 0.3) is 10.2 Å². The van der Waals surface area contributed by atoms with Crippen molar-refractivity contribution in [3.63, 3.8) is 0 Å². The van der Waals surface area contributed by atoms with Gasteiger partial charge < -0.3 is 9.88 Å². The zero-order valence-corrected chi connectivity index (χ0v) is 19.1. The molecule has 8 heteroatoms. The Morgan fingerprint density at radius 3 is 2.77 bits per heavy atom. The van der Waals surface area contributed by atoms with Gasteiger partial charge in [0.25, 0.3) is 11.5 Å². The van der Waals surface area contributed by atoms with Crippen molar-refractivity contribution in [2.24, 2.45) is 0 Å². The maximum Gasteiger partial charge on any atom is 0.259 e. The van der Waals surface area contributed by atoms with Crippen molar-refractivity contribution in [2.75, 3.05) is 0 Å². The van der Waals surface area contributed by atoms with Crippen molar-refractivity contribution in [1.29, 1.82) is 0 Å². The molecule has 4 aromatic rings. The summed E-state index contributed by atoms with van der Waals surface area (Å²) in [6.07, 6.45) is 4.22.